The Morgan fingerprint density at radius 2 is 2.29 bits per heavy atom. The average molecular weight is 235 g/mol. The quantitative estimate of drug-likeness (QED) is 0.748. The van der Waals surface area contributed by atoms with Gasteiger partial charge in [-0.3, -0.25) is 0 Å². The molecule has 0 bridgehead atoms. The van der Waals surface area contributed by atoms with Gasteiger partial charge in [0.15, 0.2) is 0 Å². The molecule has 0 saturated heterocycles. The van der Waals surface area contributed by atoms with E-state index in [0.29, 0.717) is 11.8 Å². The van der Waals surface area contributed by atoms with Gasteiger partial charge < -0.3 is 15.5 Å². The van der Waals surface area contributed by atoms with Crippen molar-refractivity contribution in [2.45, 2.75) is 32.2 Å². The van der Waals surface area contributed by atoms with E-state index in [1.807, 2.05) is 19.1 Å². The van der Waals surface area contributed by atoms with E-state index in [9.17, 15) is 5.11 Å². The maximum atomic E-state index is 9.56. The Kier molecular flexibility index (Phi) is 4.02. The molecule has 3 nitrogen and oxygen atoms in total. The van der Waals surface area contributed by atoms with E-state index in [1.165, 1.54) is 17.5 Å². The van der Waals surface area contributed by atoms with Crippen LogP contribution in [0.4, 0.5) is 0 Å². The summed E-state index contributed by atoms with van der Waals surface area (Å²) in [5.41, 5.74) is 2.56. The number of aryl methyl sites for hydroxylation is 1. The van der Waals surface area contributed by atoms with Crippen molar-refractivity contribution in [3.8, 4) is 5.75 Å². The molecule has 1 aromatic rings. The van der Waals surface area contributed by atoms with Gasteiger partial charge in [0.1, 0.15) is 5.75 Å². The molecule has 0 aliphatic heterocycles. The summed E-state index contributed by atoms with van der Waals surface area (Å²) in [5.74, 6) is 0.616. The van der Waals surface area contributed by atoms with E-state index in [0.717, 1.165) is 19.4 Å². The maximum absolute atomic E-state index is 9.56. The highest BCUT2D eigenvalue weighted by Crippen LogP contribution is 2.32. The molecule has 0 radical (unpaired) electrons. The number of fused-ring (bicyclic) bond motifs is 1. The topological polar surface area (TPSA) is 52.5 Å². The summed E-state index contributed by atoms with van der Waals surface area (Å²) < 4.78 is 0. The largest absolute Gasteiger partial charge is 0.508 e. The summed E-state index contributed by atoms with van der Waals surface area (Å²) in [4.78, 5) is 0. The Bertz CT molecular complexity index is 378. The number of aromatic hydroxyl groups is 1. The Balaban J connectivity index is 2.08. The van der Waals surface area contributed by atoms with Gasteiger partial charge in [-0.1, -0.05) is 13.0 Å². The van der Waals surface area contributed by atoms with Crippen molar-refractivity contribution in [1.82, 2.24) is 5.32 Å². The molecule has 2 rings (SSSR count). The van der Waals surface area contributed by atoms with Crippen LogP contribution in [0.25, 0.3) is 0 Å². The van der Waals surface area contributed by atoms with Crippen molar-refractivity contribution in [2.75, 3.05) is 13.2 Å². The number of benzene rings is 1. The van der Waals surface area contributed by atoms with E-state index in [4.69, 9.17) is 5.11 Å². The summed E-state index contributed by atoms with van der Waals surface area (Å²) in [6.07, 6.45) is 3.39. The van der Waals surface area contributed by atoms with Crippen LogP contribution in [0.15, 0.2) is 18.2 Å². The van der Waals surface area contributed by atoms with Gasteiger partial charge in [0, 0.05) is 19.2 Å². The Hall–Kier alpha value is -1.06. The van der Waals surface area contributed by atoms with Crippen molar-refractivity contribution in [3.63, 3.8) is 0 Å². The molecule has 0 heterocycles. The third kappa shape index (κ3) is 2.99. The van der Waals surface area contributed by atoms with E-state index in [-0.39, 0.29) is 12.5 Å². The molecule has 2 atom stereocenters. The zero-order chi connectivity index (χ0) is 12.3. The van der Waals surface area contributed by atoms with Crippen LogP contribution in [-0.4, -0.2) is 23.4 Å². The second-order valence-corrected chi connectivity index (χ2v) is 5.02. The Morgan fingerprint density at radius 3 is 3.06 bits per heavy atom. The number of aliphatic hydroxyl groups is 1. The van der Waals surface area contributed by atoms with Crippen LogP contribution in [0, 0.1) is 5.92 Å². The van der Waals surface area contributed by atoms with Gasteiger partial charge in [0.25, 0.3) is 0 Å². The van der Waals surface area contributed by atoms with Gasteiger partial charge >= 0.3 is 0 Å². The second kappa shape index (κ2) is 5.52. The van der Waals surface area contributed by atoms with Crippen molar-refractivity contribution in [1.29, 1.82) is 0 Å². The molecule has 0 amide bonds. The molecule has 0 saturated carbocycles. The summed E-state index contributed by atoms with van der Waals surface area (Å²) >= 11 is 0. The lowest BCUT2D eigenvalue weighted by atomic mass is 9.87. The molecule has 1 aliphatic rings. The number of phenolic OH excluding ortho intramolecular Hbond substituents is 1. The zero-order valence-electron chi connectivity index (χ0n) is 10.3. The van der Waals surface area contributed by atoms with Crippen molar-refractivity contribution >= 4 is 0 Å². The Labute approximate surface area is 102 Å². The molecular weight excluding hydrogens is 214 g/mol. The fourth-order valence-corrected chi connectivity index (χ4v) is 2.41. The minimum Gasteiger partial charge on any atom is -0.508 e. The molecule has 0 fully saturated rings. The highest BCUT2D eigenvalue weighted by molar-refractivity contribution is 5.38. The molecular formula is C14H21NO2. The van der Waals surface area contributed by atoms with Crippen molar-refractivity contribution < 1.29 is 10.2 Å². The first kappa shape index (κ1) is 12.4. The van der Waals surface area contributed by atoms with E-state index < -0.39 is 0 Å². The summed E-state index contributed by atoms with van der Waals surface area (Å²) in [6.45, 7) is 3.06. The lowest BCUT2D eigenvalue weighted by Crippen LogP contribution is -2.30. The monoisotopic (exact) mass is 235 g/mol. The molecule has 3 heteroatoms. The molecule has 17 heavy (non-hydrogen) atoms. The highest BCUT2D eigenvalue weighted by atomic mass is 16.3. The van der Waals surface area contributed by atoms with E-state index in [1.54, 1.807) is 6.07 Å². The number of aliphatic hydroxyl groups excluding tert-OH is 1. The molecule has 0 spiro atoms. The SMILES string of the molecule is CC(CO)CNC1CCCc2ccc(O)cc21. The normalized spacial score (nSPS) is 20.9. The van der Waals surface area contributed by atoms with Crippen molar-refractivity contribution in [3.05, 3.63) is 29.3 Å². The standard InChI is InChI=1S/C14H21NO2/c1-10(9-16)8-15-14-4-2-3-11-5-6-12(17)7-13(11)14/h5-7,10,14-17H,2-4,8-9H2,1H3. The minimum atomic E-state index is 0.215. The van der Waals surface area contributed by atoms with Gasteiger partial charge in [-0.05, 0) is 48.4 Å². The third-order valence-electron chi connectivity index (χ3n) is 3.47. The molecule has 3 N–H and O–H groups in total. The van der Waals surface area contributed by atoms with Gasteiger partial charge in [0.2, 0.25) is 0 Å². The summed E-state index contributed by atoms with van der Waals surface area (Å²) in [6, 6.07) is 5.97. The fourth-order valence-electron chi connectivity index (χ4n) is 2.41. The number of rotatable bonds is 4. The highest BCUT2D eigenvalue weighted by Gasteiger charge is 2.20. The molecule has 0 aromatic heterocycles. The van der Waals surface area contributed by atoms with Gasteiger partial charge in [-0.15, -0.1) is 0 Å². The van der Waals surface area contributed by atoms with Crippen LogP contribution in [0.3, 0.4) is 0 Å². The number of hydrogen-bond donors (Lipinski definition) is 3. The van der Waals surface area contributed by atoms with Gasteiger partial charge in [0.05, 0.1) is 0 Å². The smallest absolute Gasteiger partial charge is 0.115 e. The van der Waals surface area contributed by atoms with Crippen LogP contribution in [0.5, 0.6) is 5.75 Å². The first-order valence-electron chi connectivity index (χ1n) is 6.36. The predicted molar refractivity (Wildman–Crippen MR) is 68.0 cm³/mol. The van der Waals surface area contributed by atoms with E-state index in [2.05, 4.69) is 5.32 Å². The summed E-state index contributed by atoms with van der Waals surface area (Å²) in [7, 11) is 0. The zero-order valence-corrected chi connectivity index (χ0v) is 10.3. The molecule has 94 valence electrons. The lowest BCUT2D eigenvalue weighted by molar-refractivity contribution is 0.228. The first-order chi connectivity index (χ1) is 8.20. The van der Waals surface area contributed by atoms with Crippen LogP contribution in [0.2, 0.25) is 0 Å². The second-order valence-electron chi connectivity index (χ2n) is 5.02. The average Bonchev–Trinajstić information content (AvgIpc) is 2.35. The fraction of sp³-hybridized carbons (Fsp3) is 0.571. The first-order valence-corrected chi connectivity index (χ1v) is 6.36. The van der Waals surface area contributed by atoms with Crippen molar-refractivity contribution in [2.24, 2.45) is 5.92 Å². The van der Waals surface area contributed by atoms with Crippen LogP contribution >= 0.6 is 0 Å². The van der Waals surface area contributed by atoms with E-state index >= 15 is 0 Å². The van der Waals surface area contributed by atoms with Crippen LogP contribution in [0.1, 0.15) is 36.9 Å². The van der Waals surface area contributed by atoms with Crippen LogP contribution in [-0.2, 0) is 6.42 Å². The predicted octanol–water partition coefficient (Wildman–Crippen LogP) is 1.99. The summed E-state index contributed by atoms with van der Waals surface area (Å²) in [5, 5.41) is 22.1. The minimum absolute atomic E-state index is 0.215. The number of nitrogens with one attached hydrogen (secondary N) is 1. The van der Waals surface area contributed by atoms with Gasteiger partial charge in [-0.25, -0.2) is 0 Å². The van der Waals surface area contributed by atoms with Gasteiger partial charge in [-0.2, -0.15) is 0 Å². The molecule has 2 unspecified atom stereocenters. The van der Waals surface area contributed by atoms with Crippen LogP contribution < -0.4 is 5.32 Å². The third-order valence-corrected chi connectivity index (χ3v) is 3.47. The molecule has 1 aliphatic carbocycles. The Morgan fingerprint density at radius 1 is 1.47 bits per heavy atom. The lowest BCUT2D eigenvalue weighted by Gasteiger charge is -2.27. The maximum Gasteiger partial charge on any atom is 0.115 e. The number of hydrogen-bond acceptors (Lipinski definition) is 3. The number of phenols is 1. The molecule has 1 aromatic carbocycles.